The minimum atomic E-state index is -0.750. The molecule has 1 aromatic carbocycles. The molecule has 0 spiro atoms. The number of esters is 1. The number of furan rings is 1. The molecular weight excluding hydrogens is 444 g/mol. The summed E-state index contributed by atoms with van der Waals surface area (Å²) in [6.07, 6.45) is 2.49. The number of rotatable bonds is 6. The van der Waals surface area contributed by atoms with E-state index in [0.717, 1.165) is 6.08 Å². The van der Waals surface area contributed by atoms with Crippen LogP contribution in [0.5, 0.6) is 5.75 Å². The molecule has 1 heterocycles. The Balaban J connectivity index is 1.79. The zero-order valence-electron chi connectivity index (χ0n) is 14.0. The van der Waals surface area contributed by atoms with Gasteiger partial charge in [0.2, 0.25) is 0 Å². The topological polar surface area (TPSA) is 107 Å². The van der Waals surface area contributed by atoms with Crippen molar-refractivity contribution < 1.29 is 28.3 Å². The summed E-state index contributed by atoms with van der Waals surface area (Å²) in [5, 5.41) is 0.330. The van der Waals surface area contributed by atoms with Crippen molar-refractivity contribution in [3.05, 3.63) is 57.4 Å². The molecule has 2 rings (SSSR count). The average molecular weight is 458 g/mol. The van der Waals surface area contributed by atoms with Crippen LogP contribution in [0, 0.1) is 0 Å². The maximum atomic E-state index is 12.1. The number of benzene rings is 1. The maximum Gasteiger partial charge on any atom is 0.331 e. The van der Waals surface area contributed by atoms with Gasteiger partial charge in [-0.1, -0.05) is 11.6 Å². The van der Waals surface area contributed by atoms with Crippen molar-refractivity contribution in [1.29, 1.82) is 0 Å². The molecule has 0 aliphatic rings. The molecule has 0 aliphatic carbocycles. The summed E-state index contributed by atoms with van der Waals surface area (Å²) in [4.78, 5) is 35.3. The van der Waals surface area contributed by atoms with E-state index in [1.807, 2.05) is 0 Å². The van der Waals surface area contributed by atoms with Gasteiger partial charge in [0.15, 0.2) is 11.3 Å². The molecule has 0 saturated carbocycles. The van der Waals surface area contributed by atoms with Gasteiger partial charge in [-0.2, -0.15) is 0 Å². The Morgan fingerprint density at radius 2 is 2.00 bits per heavy atom. The third kappa shape index (κ3) is 6.46. The summed E-state index contributed by atoms with van der Waals surface area (Å²) in [6.45, 7) is -0.585. The van der Waals surface area contributed by atoms with E-state index >= 15 is 0 Å². The first-order chi connectivity index (χ1) is 12.9. The number of ether oxygens (including phenoxy) is 2. The zero-order valence-corrected chi connectivity index (χ0v) is 16.3. The van der Waals surface area contributed by atoms with Gasteiger partial charge in [0, 0.05) is 11.1 Å². The lowest BCUT2D eigenvalue weighted by molar-refractivity contribution is -0.144. The van der Waals surface area contributed by atoms with Gasteiger partial charge in [-0.3, -0.25) is 20.4 Å². The van der Waals surface area contributed by atoms with Crippen LogP contribution in [0.15, 0.2) is 45.5 Å². The van der Waals surface area contributed by atoms with Gasteiger partial charge in [0.1, 0.15) is 11.5 Å². The van der Waals surface area contributed by atoms with Crippen LogP contribution in [-0.2, 0) is 14.3 Å². The minimum Gasteiger partial charge on any atom is -0.496 e. The Labute approximate surface area is 167 Å². The summed E-state index contributed by atoms with van der Waals surface area (Å²) >= 11 is 8.97. The normalized spacial score (nSPS) is 10.5. The van der Waals surface area contributed by atoms with E-state index < -0.39 is 24.4 Å². The van der Waals surface area contributed by atoms with Crippen LogP contribution in [-0.4, -0.2) is 31.5 Å². The number of hydrogen-bond acceptors (Lipinski definition) is 6. The van der Waals surface area contributed by atoms with Crippen molar-refractivity contribution in [3.8, 4) is 5.75 Å². The van der Waals surface area contributed by atoms with Crippen molar-refractivity contribution in [3.63, 3.8) is 0 Å². The minimum absolute atomic E-state index is 0.134. The van der Waals surface area contributed by atoms with Gasteiger partial charge >= 0.3 is 5.97 Å². The highest BCUT2D eigenvalue weighted by molar-refractivity contribution is 9.10. The van der Waals surface area contributed by atoms with Crippen molar-refractivity contribution in [2.75, 3.05) is 13.7 Å². The zero-order chi connectivity index (χ0) is 19.8. The quantitative estimate of drug-likeness (QED) is 0.392. The molecule has 0 saturated heterocycles. The first-order valence-corrected chi connectivity index (χ1v) is 8.59. The van der Waals surface area contributed by atoms with Gasteiger partial charge in [-0.05, 0) is 52.3 Å². The van der Waals surface area contributed by atoms with E-state index in [-0.39, 0.29) is 11.3 Å². The second kappa shape index (κ2) is 9.79. The van der Waals surface area contributed by atoms with Gasteiger partial charge < -0.3 is 13.9 Å². The summed E-state index contributed by atoms with van der Waals surface area (Å²) in [5.41, 5.74) is 4.43. The lowest BCUT2D eigenvalue weighted by Crippen LogP contribution is -2.43. The van der Waals surface area contributed by atoms with E-state index in [4.69, 9.17) is 25.5 Å². The van der Waals surface area contributed by atoms with Crippen LogP contribution in [0.2, 0.25) is 5.02 Å². The largest absolute Gasteiger partial charge is 0.496 e. The first-order valence-electron chi connectivity index (χ1n) is 7.42. The number of hydrogen-bond donors (Lipinski definition) is 2. The summed E-state index contributed by atoms with van der Waals surface area (Å²) in [6, 6.07) is 7.77. The number of carbonyl (C=O) groups excluding carboxylic acids is 3. The Morgan fingerprint density at radius 1 is 1.22 bits per heavy atom. The van der Waals surface area contributed by atoms with E-state index in [9.17, 15) is 14.4 Å². The van der Waals surface area contributed by atoms with Crippen LogP contribution in [0.1, 0.15) is 16.1 Å². The maximum absolute atomic E-state index is 12.1. The number of nitrogens with one attached hydrogen (secondary N) is 2. The van der Waals surface area contributed by atoms with E-state index in [2.05, 4.69) is 26.8 Å². The van der Waals surface area contributed by atoms with Crippen molar-refractivity contribution in [1.82, 2.24) is 10.9 Å². The van der Waals surface area contributed by atoms with Crippen LogP contribution in [0.4, 0.5) is 0 Å². The van der Waals surface area contributed by atoms with Crippen LogP contribution in [0.3, 0.4) is 0 Å². The average Bonchev–Trinajstić information content (AvgIpc) is 3.07. The molecule has 0 radical (unpaired) electrons. The summed E-state index contributed by atoms with van der Waals surface area (Å²) < 4.78 is 15.5. The molecule has 0 unspecified atom stereocenters. The van der Waals surface area contributed by atoms with Gasteiger partial charge in [0.05, 0.1) is 12.7 Å². The second-order valence-electron chi connectivity index (χ2n) is 4.93. The summed E-state index contributed by atoms with van der Waals surface area (Å²) in [7, 11) is 1.40. The standard InChI is InChI=1S/C17H14BrClN2O6/c1-25-13-5-2-10(19)8-12(13)17(24)21-20-15(22)9-26-16(23)7-4-11-3-6-14(18)27-11/h2-8H,9H2,1H3,(H,20,22)(H,21,24)/b7-4+. The van der Waals surface area contributed by atoms with Crippen LogP contribution < -0.4 is 15.6 Å². The van der Waals surface area contributed by atoms with E-state index in [0.29, 0.717) is 15.5 Å². The fourth-order valence-electron chi connectivity index (χ4n) is 1.84. The predicted molar refractivity (Wildman–Crippen MR) is 100 cm³/mol. The Morgan fingerprint density at radius 3 is 2.67 bits per heavy atom. The monoisotopic (exact) mass is 456 g/mol. The predicted octanol–water partition coefficient (Wildman–Crippen LogP) is 2.72. The molecule has 2 N–H and O–H groups in total. The highest BCUT2D eigenvalue weighted by atomic mass is 79.9. The van der Waals surface area contributed by atoms with Crippen molar-refractivity contribution in [2.45, 2.75) is 0 Å². The van der Waals surface area contributed by atoms with E-state index in [1.54, 1.807) is 18.2 Å². The van der Waals surface area contributed by atoms with Crippen LogP contribution in [0.25, 0.3) is 6.08 Å². The lowest BCUT2D eigenvalue weighted by Gasteiger charge is -2.10. The van der Waals surface area contributed by atoms with Crippen LogP contribution >= 0.6 is 27.5 Å². The SMILES string of the molecule is COc1ccc(Cl)cc1C(=O)NNC(=O)COC(=O)/C=C/c1ccc(Br)o1. The van der Waals surface area contributed by atoms with Gasteiger partial charge in [-0.25, -0.2) is 4.79 Å². The number of carbonyl (C=O) groups is 3. The Hall–Kier alpha value is -2.78. The molecule has 0 aliphatic heterocycles. The molecular formula is C17H14BrClN2O6. The third-order valence-electron chi connectivity index (χ3n) is 3.04. The second-order valence-corrected chi connectivity index (χ2v) is 6.15. The Kier molecular flexibility index (Phi) is 7.44. The van der Waals surface area contributed by atoms with E-state index in [1.165, 1.54) is 25.3 Å². The molecule has 1 aromatic heterocycles. The number of amides is 2. The molecule has 0 bridgehead atoms. The molecule has 27 heavy (non-hydrogen) atoms. The highest BCUT2D eigenvalue weighted by Gasteiger charge is 2.14. The number of methoxy groups -OCH3 is 1. The smallest absolute Gasteiger partial charge is 0.331 e. The third-order valence-corrected chi connectivity index (χ3v) is 3.71. The molecule has 2 aromatic rings. The Bertz CT molecular complexity index is 880. The van der Waals surface area contributed by atoms with Gasteiger partial charge in [-0.15, -0.1) is 0 Å². The van der Waals surface area contributed by atoms with Gasteiger partial charge in [0.25, 0.3) is 11.8 Å². The molecule has 2 amide bonds. The van der Waals surface area contributed by atoms with Crippen molar-refractivity contribution in [2.24, 2.45) is 0 Å². The molecule has 0 atom stereocenters. The first kappa shape index (κ1) is 20.5. The molecule has 8 nitrogen and oxygen atoms in total. The number of halogens is 2. The fourth-order valence-corrected chi connectivity index (χ4v) is 2.33. The summed E-state index contributed by atoms with van der Waals surface area (Å²) in [5.74, 6) is -1.40. The molecule has 10 heteroatoms. The highest BCUT2D eigenvalue weighted by Crippen LogP contribution is 2.22. The number of hydrazine groups is 1. The molecule has 0 fully saturated rings. The fraction of sp³-hybridized carbons (Fsp3) is 0.118. The molecule has 142 valence electrons. The lowest BCUT2D eigenvalue weighted by atomic mass is 10.2. The van der Waals surface area contributed by atoms with Crippen molar-refractivity contribution >= 4 is 51.4 Å².